The third-order valence-electron chi connectivity index (χ3n) is 3.45. The second kappa shape index (κ2) is 5.34. The van der Waals surface area contributed by atoms with Crippen LogP contribution < -0.4 is 5.32 Å². The standard InChI is InChI=1S/C13H21N3O/c1-10-9-11(2)16(15-10)8-7-14-13(17)12-5-3-4-6-12/h9,12H,3-8H2,1-2H3,(H,14,17). The summed E-state index contributed by atoms with van der Waals surface area (Å²) in [6, 6.07) is 2.05. The SMILES string of the molecule is Cc1cc(C)n(CCNC(=O)C2CCCC2)n1. The molecule has 1 N–H and O–H groups in total. The summed E-state index contributed by atoms with van der Waals surface area (Å²) in [6.07, 6.45) is 4.53. The van der Waals surface area contributed by atoms with Crippen molar-refractivity contribution in [3.8, 4) is 0 Å². The summed E-state index contributed by atoms with van der Waals surface area (Å²) in [5.74, 6) is 0.486. The quantitative estimate of drug-likeness (QED) is 0.865. The number of aryl methyl sites for hydroxylation is 2. The van der Waals surface area contributed by atoms with Crippen LogP contribution >= 0.6 is 0 Å². The lowest BCUT2D eigenvalue weighted by atomic mass is 10.1. The summed E-state index contributed by atoms with van der Waals surface area (Å²) in [7, 11) is 0. The number of carbonyl (C=O) groups is 1. The molecule has 1 saturated carbocycles. The van der Waals surface area contributed by atoms with E-state index in [0.717, 1.165) is 30.8 Å². The van der Waals surface area contributed by atoms with Crippen molar-refractivity contribution in [2.24, 2.45) is 5.92 Å². The molecule has 1 aromatic heterocycles. The lowest BCUT2D eigenvalue weighted by Gasteiger charge is -2.10. The average molecular weight is 235 g/mol. The Bertz CT molecular complexity index is 391. The van der Waals surface area contributed by atoms with Crippen LogP contribution in [0.1, 0.15) is 37.1 Å². The summed E-state index contributed by atoms with van der Waals surface area (Å²) < 4.78 is 1.95. The maximum absolute atomic E-state index is 11.8. The fraction of sp³-hybridized carbons (Fsp3) is 0.692. The molecule has 4 heteroatoms. The van der Waals surface area contributed by atoms with Crippen molar-refractivity contribution in [2.75, 3.05) is 6.54 Å². The molecule has 0 aromatic carbocycles. The molecular formula is C13H21N3O. The molecule has 0 atom stereocenters. The molecule has 1 amide bonds. The molecule has 1 fully saturated rings. The minimum absolute atomic E-state index is 0.226. The molecule has 17 heavy (non-hydrogen) atoms. The van der Waals surface area contributed by atoms with Crippen LogP contribution in [0, 0.1) is 19.8 Å². The number of hydrogen-bond donors (Lipinski definition) is 1. The predicted molar refractivity (Wildman–Crippen MR) is 66.7 cm³/mol. The lowest BCUT2D eigenvalue weighted by Crippen LogP contribution is -2.32. The van der Waals surface area contributed by atoms with E-state index in [1.165, 1.54) is 12.8 Å². The first kappa shape index (κ1) is 12.1. The highest BCUT2D eigenvalue weighted by Gasteiger charge is 2.21. The molecule has 0 saturated heterocycles. The number of nitrogens with zero attached hydrogens (tertiary/aromatic N) is 2. The first-order valence-electron chi connectivity index (χ1n) is 6.45. The predicted octanol–water partition coefficient (Wildman–Crippen LogP) is 1.81. The van der Waals surface area contributed by atoms with Gasteiger partial charge in [-0.15, -0.1) is 0 Å². The summed E-state index contributed by atoms with van der Waals surface area (Å²) in [6.45, 7) is 5.47. The molecule has 2 rings (SSSR count). The third kappa shape index (κ3) is 3.08. The molecule has 4 nitrogen and oxygen atoms in total. The highest BCUT2D eigenvalue weighted by molar-refractivity contribution is 5.78. The van der Waals surface area contributed by atoms with Gasteiger partial charge >= 0.3 is 0 Å². The van der Waals surface area contributed by atoms with Crippen molar-refractivity contribution in [1.29, 1.82) is 0 Å². The minimum atomic E-state index is 0.226. The van der Waals surface area contributed by atoms with E-state index >= 15 is 0 Å². The van der Waals surface area contributed by atoms with Gasteiger partial charge in [0.15, 0.2) is 0 Å². The van der Waals surface area contributed by atoms with E-state index < -0.39 is 0 Å². The number of hydrogen-bond acceptors (Lipinski definition) is 2. The van der Waals surface area contributed by atoms with Gasteiger partial charge in [0.1, 0.15) is 0 Å². The zero-order valence-corrected chi connectivity index (χ0v) is 10.7. The monoisotopic (exact) mass is 235 g/mol. The Morgan fingerprint density at radius 2 is 2.18 bits per heavy atom. The van der Waals surface area contributed by atoms with Crippen molar-refractivity contribution in [1.82, 2.24) is 15.1 Å². The van der Waals surface area contributed by atoms with Crippen LogP contribution in [0.3, 0.4) is 0 Å². The van der Waals surface area contributed by atoms with Crippen LogP contribution in [0.4, 0.5) is 0 Å². The Kier molecular flexibility index (Phi) is 3.82. The second-order valence-corrected chi connectivity index (χ2v) is 4.92. The van der Waals surface area contributed by atoms with E-state index in [9.17, 15) is 4.79 Å². The van der Waals surface area contributed by atoms with Crippen molar-refractivity contribution in [2.45, 2.75) is 46.1 Å². The number of nitrogens with one attached hydrogen (secondary N) is 1. The largest absolute Gasteiger partial charge is 0.354 e. The van der Waals surface area contributed by atoms with Crippen LogP contribution in [0.15, 0.2) is 6.07 Å². The summed E-state index contributed by atoms with van der Waals surface area (Å²) in [5, 5.41) is 7.38. The van der Waals surface area contributed by atoms with E-state index in [1.807, 2.05) is 18.5 Å². The van der Waals surface area contributed by atoms with E-state index in [-0.39, 0.29) is 11.8 Å². The summed E-state index contributed by atoms with van der Waals surface area (Å²) in [4.78, 5) is 11.8. The molecule has 0 unspecified atom stereocenters. The Balaban J connectivity index is 1.75. The van der Waals surface area contributed by atoms with Gasteiger partial charge < -0.3 is 5.32 Å². The van der Waals surface area contributed by atoms with E-state index in [0.29, 0.717) is 6.54 Å². The van der Waals surface area contributed by atoms with Crippen molar-refractivity contribution < 1.29 is 4.79 Å². The van der Waals surface area contributed by atoms with E-state index in [1.54, 1.807) is 0 Å². The maximum atomic E-state index is 11.8. The molecular weight excluding hydrogens is 214 g/mol. The molecule has 1 aromatic rings. The fourth-order valence-electron chi connectivity index (χ4n) is 2.52. The number of carbonyl (C=O) groups excluding carboxylic acids is 1. The molecule has 0 spiro atoms. The van der Waals surface area contributed by atoms with Crippen molar-refractivity contribution in [3.63, 3.8) is 0 Å². The van der Waals surface area contributed by atoms with Crippen molar-refractivity contribution >= 4 is 5.91 Å². The third-order valence-corrected chi connectivity index (χ3v) is 3.45. The molecule has 94 valence electrons. The summed E-state index contributed by atoms with van der Waals surface area (Å²) in [5.41, 5.74) is 2.18. The highest BCUT2D eigenvalue weighted by Crippen LogP contribution is 2.24. The van der Waals surface area contributed by atoms with Crippen molar-refractivity contribution in [3.05, 3.63) is 17.5 Å². The topological polar surface area (TPSA) is 46.9 Å². The minimum Gasteiger partial charge on any atom is -0.354 e. The van der Waals surface area contributed by atoms with E-state index in [4.69, 9.17) is 0 Å². The van der Waals surface area contributed by atoms with Gasteiger partial charge in [0.25, 0.3) is 0 Å². The average Bonchev–Trinajstić information content (AvgIpc) is 2.89. The smallest absolute Gasteiger partial charge is 0.223 e. The normalized spacial score (nSPS) is 16.4. The Labute approximate surface area is 102 Å². The van der Waals surface area contributed by atoms with Gasteiger partial charge in [-0.2, -0.15) is 5.10 Å². The zero-order chi connectivity index (χ0) is 12.3. The maximum Gasteiger partial charge on any atom is 0.223 e. The zero-order valence-electron chi connectivity index (χ0n) is 10.7. The fourth-order valence-corrected chi connectivity index (χ4v) is 2.52. The molecule has 0 aliphatic heterocycles. The van der Waals surface area contributed by atoms with Crippen LogP contribution in [-0.4, -0.2) is 22.2 Å². The second-order valence-electron chi connectivity index (χ2n) is 4.92. The molecule has 1 aliphatic rings. The van der Waals surface area contributed by atoms with Gasteiger partial charge in [-0.05, 0) is 32.8 Å². The molecule has 1 aliphatic carbocycles. The first-order chi connectivity index (χ1) is 8.16. The lowest BCUT2D eigenvalue weighted by molar-refractivity contribution is -0.124. The van der Waals surface area contributed by atoms with Crippen LogP contribution in [0.25, 0.3) is 0 Å². The van der Waals surface area contributed by atoms with Gasteiger partial charge in [-0.1, -0.05) is 12.8 Å². The van der Waals surface area contributed by atoms with Crippen LogP contribution in [0.2, 0.25) is 0 Å². The first-order valence-corrected chi connectivity index (χ1v) is 6.45. The van der Waals surface area contributed by atoms with Gasteiger partial charge in [-0.25, -0.2) is 0 Å². The number of rotatable bonds is 4. The number of aromatic nitrogens is 2. The van der Waals surface area contributed by atoms with Crippen LogP contribution in [-0.2, 0) is 11.3 Å². The van der Waals surface area contributed by atoms with Gasteiger partial charge in [0.2, 0.25) is 5.91 Å². The summed E-state index contributed by atoms with van der Waals surface area (Å²) >= 11 is 0. The molecule has 0 radical (unpaired) electrons. The highest BCUT2D eigenvalue weighted by atomic mass is 16.1. The van der Waals surface area contributed by atoms with Crippen LogP contribution in [0.5, 0.6) is 0 Å². The molecule has 1 heterocycles. The number of amides is 1. The van der Waals surface area contributed by atoms with Gasteiger partial charge in [-0.3, -0.25) is 9.48 Å². The molecule has 0 bridgehead atoms. The van der Waals surface area contributed by atoms with Gasteiger partial charge in [0, 0.05) is 18.2 Å². The van der Waals surface area contributed by atoms with Gasteiger partial charge in [0.05, 0.1) is 12.2 Å². The Morgan fingerprint density at radius 3 is 2.76 bits per heavy atom. The van der Waals surface area contributed by atoms with E-state index in [2.05, 4.69) is 16.5 Å². The Hall–Kier alpha value is -1.32. The Morgan fingerprint density at radius 1 is 1.47 bits per heavy atom.